The molecular formula is C7H12O2. The van der Waals surface area contributed by atoms with Gasteiger partial charge >= 0.3 is 0 Å². The van der Waals surface area contributed by atoms with Gasteiger partial charge in [0.05, 0.1) is 18.3 Å². The molecule has 2 bridgehead atoms. The molecule has 0 aromatic rings. The molecule has 9 heavy (non-hydrogen) atoms. The van der Waals surface area contributed by atoms with Crippen molar-refractivity contribution in [3.8, 4) is 0 Å². The average Bonchev–Trinajstić information content (AvgIpc) is 2.11. The van der Waals surface area contributed by atoms with Gasteiger partial charge in [-0.2, -0.15) is 0 Å². The van der Waals surface area contributed by atoms with Crippen LogP contribution in [0.5, 0.6) is 0 Å². The second kappa shape index (κ2) is 1.96. The Morgan fingerprint density at radius 2 is 1.67 bits per heavy atom. The lowest BCUT2D eigenvalue weighted by molar-refractivity contribution is -0.0520. The van der Waals surface area contributed by atoms with Gasteiger partial charge in [0, 0.05) is 0 Å². The first-order chi connectivity index (χ1) is 4.34. The fraction of sp³-hybridized carbons (Fsp3) is 1.00. The fourth-order valence-electron chi connectivity index (χ4n) is 1.83. The molecule has 0 aromatic heterocycles. The summed E-state index contributed by atoms with van der Waals surface area (Å²) in [7, 11) is 0. The molecule has 0 amide bonds. The summed E-state index contributed by atoms with van der Waals surface area (Å²) in [6.45, 7) is 0. The number of fused-ring (bicyclic) bond motifs is 2. The van der Waals surface area contributed by atoms with Gasteiger partial charge in [0.2, 0.25) is 0 Å². The summed E-state index contributed by atoms with van der Waals surface area (Å²) in [5.74, 6) is 0. The molecule has 0 radical (unpaired) electrons. The Hall–Kier alpha value is -0.0800. The van der Waals surface area contributed by atoms with E-state index in [0.717, 1.165) is 12.8 Å². The van der Waals surface area contributed by atoms with Gasteiger partial charge in [-0.05, 0) is 25.7 Å². The zero-order valence-electron chi connectivity index (χ0n) is 5.42. The predicted molar refractivity (Wildman–Crippen MR) is 33.1 cm³/mol. The number of aliphatic hydroxyl groups is 1. The molecule has 2 nitrogen and oxygen atoms in total. The van der Waals surface area contributed by atoms with E-state index in [1.807, 2.05) is 0 Å². The molecule has 52 valence electrons. The molecular weight excluding hydrogens is 116 g/mol. The molecule has 0 aliphatic carbocycles. The van der Waals surface area contributed by atoms with Crippen LogP contribution in [0.4, 0.5) is 0 Å². The standard InChI is InChI=1S/C7H12O2/c8-5-3-6-1-2-7(4-5)9-6/h5-8H,1-4H2/t5?,6-,7+. The lowest BCUT2D eigenvalue weighted by Gasteiger charge is -2.24. The highest BCUT2D eigenvalue weighted by Crippen LogP contribution is 2.31. The van der Waals surface area contributed by atoms with Crippen molar-refractivity contribution in [1.29, 1.82) is 0 Å². The molecule has 1 unspecified atom stereocenters. The van der Waals surface area contributed by atoms with Crippen LogP contribution in [0.2, 0.25) is 0 Å². The highest BCUT2D eigenvalue weighted by atomic mass is 16.5. The summed E-state index contributed by atoms with van der Waals surface area (Å²) in [6, 6.07) is 0. The molecule has 3 atom stereocenters. The normalized spacial score (nSPS) is 49.7. The minimum Gasteiger partial charge on any atom is -0.393 e. The molecule has 2 saturated heterocycles. The van der Waals surface area contributed by atoms with E-state index < -0.39 is 0 Å². The van der Waals surface area contributed by atoms with Crippen molar-refractivity contribution in [2.45, 2.75) is 44.0 Å². The Balaban J connectivity index is 2.03. The third kappa shape index (κ3) is 0.970. The van der Waals surface area contributed by atoms with Crippen molar-refractivity contribution < 1.29 is 9.84 Å². The molecule has 0 spiro atoms. The van der Waals surface area contributed by atoms with E-state index in [0.29, 0.717) is 12.2 Å². The molecule has 0 saturated carbocycles. The maximum Gasteiger partial charge on any atom is 0.0604 e. The first-order valence-electron chi connectivity index (χ1n) is 3.68. The van der Waals surface area contributed by atoms with Crippen molar-refractivity contribution in [2.75, 3.05) is 0 Å². The Morgan fingerprint density at radius 1 is 1.11 bits per heavy atom. The first kappa shape index (κ1) is 5.69. The van der Waals surface area contributed by atoms with Crippen molar-refractivity contribution in [3.05, 3.63) is 0 Å². The Morgan fingerprint density at radius 3 is 2.22 bits per heavy atom. The van der Waals surface area contributed by atoms with Crippen molar-refractivity contribution in [1.82, 2.24) is 0 Å². The summed E-state index contributed by atoms with van der Waals surface area (Å²) in [6.07, 6.45) is 4.78. The summed E-state index contributed by atoms with van der Waals surface area (Å²) >= 11 is 0. The third-order valence-corrected chi connectivity index (χ3v) is 2.27. The topological polar surface area (TPSA) is 29.5 Å². The van der Waals surface area contributed by atoms with E-state index in [2.05, 4.69) is 0 Å². The van der Waals surface area contributed by atoms with Gasteiger partial charge in [0.15, 0.2) is 0 Å². The summed E-state index contributed by atoms with van der Waals surface area (Å²) in [5.41, 5.74) is 0. The van der Waals surface area contributed by atoms with Crippen LogP contribution in [0, 0.1) is 0 Å². The largest absolute Gasteiger partial charge is 0.393 e. The zero-order chi connectivity index (χ0) is 6.27. The summed E-state index contributed by atoms with van der Waals surface area (Å²) in [4.78, 5) is 0. The third-order valence-electron chi connectivity index (χ3n) is 2.27. The molecule has 0 aromatic carbocycles. The lowest BCUT2D eigenvalue weighted by Crippen LogP contribution is -2.28. The highest BCUT2D eigenvalue weighted by molar-refractivity contribution is 4.83. The lowest BCUT2D eigenvalue weighted by atomic mass is 10.1. The number of hydrogen-bond donors (Lipinski definition) is 1. The van der Waals surface area contributed by atoms with Crippen LogP contribution >= 0.6 is 0 Å². The first-order valence-corrected chi connectivity index (χ1v) is 3.68. The Kier molecular flexibility index (Phi) is 1.24. The van der Waals surface area contributed by atoms with Crippen LogP contribution in [0.25, 0.3) is 0 Å². The second-order valence-corrected chi connectivity index (χ2v) is 3.08. The molecule has 2 rings (SSSR count). The number of aliphatic hydroxyl groups excluding tert-OH is 1. The van der Waals surface area contributed by atoms with Crippen LogP contribution in [-0.2, 0) is 4.74 Å². The average molecular weight is 128 g/mol. The Labute approximate surface area is 54.8 Å². The quantitative estimate of drug-likeness (QED) is 0.520. The van der Waals surface area contributed by atoms with Gasteiger partial charge in [-0.1, -0.05) is 0 Å². The van der Waals surface area contributed by atoms with E-state index in [9.17, 15) is 5.11 Å². The highest BCUT2D eigenvalue weighted by Gasteiger charge is 2.33. The number of rotatable bonds is 0. The van der Waals surface area contributed by atoms with Crippen LogP contribution in [0.1, 0.15) is 25.7 Å². The Bertz CT molecular complexity index is 101. The summed E-state index contributed by atoms with van der Waals surface area (Å²) < 4.78 is 5.51. The van der Waals surface area contributed by atoms with Crippen LogP contribution < -0.4 is 0 Å². The fourth-order valence-corrected chi connectivity index (χ4v) is 1.83. The van der Waals surface area contributed by atoms with Gasteiger partial charge in [-0.3, -0.25) is 0 Å². The summed E-state index contributed by atoms with van der Waals surface area (Å²) in [5, 5.41) is 9.21. The minimum atomic E-state index is -0.0729. The van der Waals surface area contributed by atoms with Crippen LogP contribution in [0.3, 0.4) is 0 Å². The monoisotopic (exact) mass is 128 g/mol. The molecule has 2 aliphatic rings. The molecule has 2 fully saturated rings. The van der Waals surface area contributed by atoms with Gasteiger partial charge in [0.1, 0.15) is 0 Å². The maximum absolute atomic E-state index is 9.21. The SMILES string of the molecule is OC1C[C@H]2CC[C@@H](C1)O2. The van der Waals surface area contributed by atoms with Crippen LogP contribution in [0.15, 0.2) is 0 Å². The van der Waals surface area contributed by atoms with E-state index in [-0.39, 0.29) is 6.10 Å². The van der Waals surface area contributed by atoms with E-state index in [1.165, 1.54) is 12.8 Å². The zero-order valence-corrected chi connectivity index (χ0v) is 5.42. The van der Waals surface area contributed by atoms with E-state index in [1.54, 1.807) is 0 Å². The van der Waals surface area contributed by atoms with Gasteiger partial charge in [-0.25, -0.2) is 0 Å². The van der Waals surface area contributed by atoms with E-state index >= 15 is 0 Å². The molecule has 2 heterocycles. The van der Waals surface area contributed by atoms with Gasteiger partial charge in [0.25, 0.3) is 0 Å². The molecule has 2 heteroatoms. The van der Waals surface area contributed by atoms with Gasteiger partial charge < -0.3 is 9.84 Å². The van der Waals surface area contributed by atoms with Crippen molar-refractivity contribution in [3.63, 3.8) is 0 Å². The number of hydrogen-bond acceptors (Lipinski definition) is 2. The second-order valence-electron chi connectivity index (χ2n) is 3.08. The molecule has 2 aliphatic heterocycles. The smallest absolute Gasteiger partial charge is 0.0604 e. The van der Waals surface area contributed by atoms with Crippen molar-refractivity contribution in [2.24, 2.45) is 0 Å². The van der Waals surface area contributed by atoms with E-state index in [4.69, 9.17) is 4.74 Å². The molecule has 1 N–H and O–H groups in total. The maximum atomic E-state index is 9.21. The van der Waals surface area contributed by atoms with Crippen LogP contribution in [-0.4, -0.2) is 23.4 Å². The predicted octanol–water partition coefficient (Wildman–Crippen LogP) is 0.689. The number of ether oxygens (including phenoxy) is 1. The minimum absolute atomic E-state index is 0.0729. The van der Waals surface area contributed by atoms with Gasteiger partial charge in [-0.15, -0.1) is 0 Å². The van der Waals surface area contributed by atoms with Crippen molar-refractivity contribution >= 4 is 0 Å².